The molecule has 2 aliphatic heterocycles. The highest BCUT2D eigenvalue weighted by Gasteiger charge is 2.72. The number of para-hydroxylation sites is 1. The fraction of sp³-hybridized carbons (Fsp3) is 0.412. The average molecular weight is 406 g/mol. The molecule has 124 valence electrons. The van der Waals surface area contributed by atoms with E-state index in [4.69, 9.17) is 0 Å². The lowest BCUT2D eigenvalue weighted by Gasteiger charge is -2.51. The summed E-state index contributed by atoms with van der Waals surface area (Å²) in [5, 5.41) is 21.1. The third kappa shape index (κ3) is 1.88. The second-order valence-electron chi connectivity index (χ2n) is 6.80. The van der Waals surface area contributed by atoms with Crippen LogP contribution < -0.4 is 0 Å². The fourth-order valence-electron chi connectivity index (χ4n) is 3.57. The lowest BCUT2D eigenvalue weighted by atomic mass is 9.86. The Bertz CT molecular complexity index is 856. The molecule has 4 rings (SSSR count). The number of thioether (sulfide) groups is 1. The number of aliphatic hydroxyl groups is 1. The van der Waals surface area contributed by atoms with E-state index in [0.29, 0.717) is 5.69 Å². The minimum absolute atomic E-state index is 0.233. The molecule has 1 aromatic carbocycles. The van der Waals surface area contributed by atoms with Crippen LogP contribution in [-0.2, 0) is 4.79 Å². The van der Waals surface area contributed by atoms with Gasteiger partial charge in [0.2, 0.25) is 5.91 Å². The van der Waals surface area contributed by atoms with Gasteiger partial charge in [0.25, 0.3) is 0 Å². The number of nitriles is 1. The highest BCUT2D eigenvalue weighted by molar-refractivity contribution is 9.10. The van der Waals surface area contributed by atoms with Crippen molar-refractivity contribution in [3.63, 3.8) is 0 Å². The molecule has 1 aromatic heterocycles. The molecule has 0 spiro atoms. The van der Waals surface area contributed by atoms with Crippen LogP contribution in [0.2, 0.25) is 0 Å². The molecule has 0 bridgehead atoms. The molecular weight excluding hydrogens is 390 g/mol. The Labute approximate surface area is 152 Å². The number of hydrogen-bond acceptors (Lipinski definition) is 4. The van der Waals surface area contributed by atoms with Gasteiger partial charge in [0.15, 0.2) is 4.32 Å². The van der Waals surface area contributed by atoms with Crippen molar-refractivity contribution in [1.29, 1.82) is 5.26 Å². The Kier molecular flexibility index (Phi) is 3.34. The number of aromatic nitrogens is 1. The summed E-state index contributed by atoms with van der Waals surface area (Å²) in [6.07, 6.45) is -1.01. The van der Waals surface area contributed by atoms with E-state index >= 15 is 0 Å². The van der Waals surface area contributed by atoms with E-state index in [1.807, 2.05) is 44.2 Å². The predicted octanol–water partition coefficient (Wildman–Crippen LogP) is 2.92. The van der Waals surface area contributed by atoms with Gasteiger partial charge < -0.3 is 15.0 Å². The van der Waals surface area contributed by atoms with E-state index in [0.717, 1.165) is 10.9 Å². The number of amides is 1. The van der Waals surface area contributed by atoms with Gasteiger partial charge in [0, 0.05) is 16.0 Å². The number of carbonyl (C=O) groups is 1. The summed E-state index contributed by atoms with van der Waals surface area (Å²) in [5.74, 6) is -0.233. The first-order valence-electron chi connectivity index (χ1n) is 7.65. The molecule has 2 fully saturated rings. The first-order valence-corrected chi connectivity index (χ1v) is 9.33. The molecule has 0 radical (unpaired) electrons. The quantitative estimate of drug-likeness (QED) is 0.594. The third-order valence-corrected chi connectivity index (χ3v) is 8.05. The van der Waals surface area contributed by atoms with Gasteiger partial charge in [-0.05, 0) is 31.4 Å². The minimum Gasteiger partial charge on any atom is -0.385 e. The number of nitrogens with one attached hydrogen (secondary N) is 1. The summed E-state index contributed by atoms with van der Waals surface area (Å²) in [4.78, 5) is 17.6. The maximum atomic E-state index is 12.8. The zero-order chi connectivity index (χ0) is 17.3. The number of β-lactam (4-membered cyclic amide) rings is 1. The van der Waals surface area contributed by atoms with Crippen molar-refractivity contribution < 1.29 is 9.90 Å². The van der Waals surface area contributed by atoms with E-state index < -0.39 is 16.5 Å². The minimum atomic E-state index is -1.11. The molecule has 5 nitrogen and oxygen atoms in total. The smallest absolute Gasteiger partial charge is 0.247 e. The molecule has 0 unspecified atom stereocenters. The Balaban J connectivity index is 1.71. The summed E-state index contributed by atoms with van der Waals surface area (Å²) >= 11 is 5.07. The number of benzene rings is 1. The molecule has 2 N–H and O–H groups in total. The zero-order valence-electron chi connectivity index (χ0n) is 13.2. The van der Waals surface area contributed by atoms with Crippen LogP contribution in [0.5, 0.6) is 0 Å². The van der Waals surface area contributed by atoms with Crippen molar-refractivity contribution in [2.45, 2.75) is 40.4 Å². The van der Waals surface area contributed by atoms with E-state index in [1.165, 1.54) is 0 Å². The summed E-state index contributed by atoms with van der Waals surface area (Å²) in [6.45, 7) is 3.92. The number of hydrogen-bond donors (Lipinski definition) is 2. The van der Waals surface area contributed by atoms with Gasteiger partial charge in [0.1, 0.15) is 17.5 Å². The van der Waals surface area contributed by atoms with E-state index in [1.54, 1.807) is 16.7 Å². The number of halogens is 1. The number of rotatable bonds is 2. The lowest BCUT2D eigenvalue weighted by Crippen LogP contribution is -2.71. The summed E-state index contributed by atoms with van der Waals surface area (Å²) in [5.41, 5.74) is 1.51. The standard InChI is InChI=1S/C17H16BrN3O2S/c1-16(2)12(8-19)21-14(23)17(18,15(21)24-16)13(22)11-7-9-5-3-4-6-10(9)20-11/h3-7,12-13,15,20,22H,1-2H3/t12-,13+,15-,17+/m0/s1. The number of nitrogens with zero attached hydrogens (tertiary/aromatic N) is 2. The van der Waals surface area contributed by atoms with Gasteiger partial charge in [-0.3, -0.25) is 4.79 Å². The molecule has 2 aliphatic rings. The molecule has 3 heterocycles. The Morgan fingerprint density at radius 2 is 2.17 bits per heavy atom. The Hall–Kier alpha value is -1.49. The SMILES string of the molecule is CC1(C)S[C@@H]2N(C(=O)[C@]2(Br)[C@H](O)c2cc3ccccc3[nH]2)[C@H]1C#N. The van der Waals surface area contributed by atoms with Crippen LogP contribution in [0.4, 0.5) is 0 Å². The molecule has 24 heavy (non-hydrogen) atoms. The van der Waals surface area contributed by atoms with Gasteiger partial charge in [0.05, 0.1) is 6.07 Å². The second kappa shape index (κ2) is 5.01. The van der Waals surface area contributed by atoms with Crippen LogP contribution in [0, 0.1) is 11.3 Å². The first kappa shape index (κ1) is 16.0. The Morgan fingerprint density at radius 1 is 1.46 bits per heavy atom. The summed E-state index contributed by atoms with van der Waals surface area (Å²) < 4.78 is -1.48. The largest absolute Gasteiger partial charge is 0.385 e. The highest BCUT2D eigenvalue weighted by Crippen LogP contribution is 2.61. The van der Waals surface area contributed by atoms with Crippen LogP contribution in [-0.4, -0.2) is 41.4 Å². The number of fused-ring (bicyclic) bond motifs is 2. The van der Waals surface area contributed by atoms with Crippen LogP contribution in [0.25, 0.3) is 10.9 Å². The third-order valence-electron chi connectivity index (χ3n) is 4.89. The summed E-state index contributed by atoms with van der Waals surface area (Å²) in [7, 11) is 0. The number of H-pyrrole nitrogens is 1. The molecule has 7 heteroatoms. The van der Waals surface area contributed by atoms with Crippen LogP contribution in [0.15, 0.2) is 30.3 Å². The van der Waals surface area contributed by atoms with E-state index in [2.05, 4.69) is 27.0 Å². The van der Waals surface area contributed by atoms with Crippen molar-refractivity contribution in [1.82, 2.24) is 9.88 Å². The molecule has 4 atom stereocenters. The van der Waals surface area contributed by atoms with Gasteiger partial charge in [-0.15, -0.1) is 11.8 Å². The van der Waals surface area contributed by atoms with E-state index in [9.17, 15) is 15.2 Å². The van der Waals surface area contributed by atoms with Gasteiger partial charge in [-0.1, -0.05) is 34.1 Å². The van der Waals surface area contributed by atoms with Crippen molar-refractivity contribution in [3.05, 3.63) is 36.0 Å². The zero-order valence-corrected chi connectivity index (χ0v) is 15.6. The Morgan fingerprint density at radius 3 is 2.83 bits per heavy atom. The normalized spacial score (nSPS) is 32.3. The monoisotopic (exact) mass is 405 g/mol. The van der Waals surface area contributed by atoms with Crippen molar-refractivity contribution in [2.75, 3.05) is 0 Å². The van der Waals surface area contributed by atoms with Crippen molar-refractivity contribution in [2.24, 2.45) is 0 Å². The van der Waals surface area contributed by atoms with Crippen molar-refractivity contribution >= 4 is 44.5 Å². The van der Waals surface area contributed by atoms with Gasteiger partial charge in [-0.25, -0.2) is 0 Å². The predicted molar refractivity (Wildman–Crippen MR) is 96.6 cm³/mol. The number of carbonyl (C=O) groups excluding carboxylic acids is 1. The van der Waals surface area contributed by atoms with Crippen molar-refractivity contribution in [3.8, 4) is 6.07 Å². The van der Waals surface area contributed by atoms with Gasteiger partial charge in [-0.2, -0.15) is 5.26 Å². The van der Waals surface area contributed by atoms with Gasteiger partial charge >= 0.3 is 0 Å². The van der Waals surface area contributed by atoms with Crippen LogP contribution >= 0.6 is 27.7 Å². The maximum absolute atomic E-state index is 12.8. The molecule has 2 saturated heterocycles. The molecule has 2 aromatic rings. The van der Waals surface area contributed by atoms with Crippen LogP contribution in [0.3, 0.4) is 0 Å². The van der Waals surface area contributed by atoms with E-state index in [-0.39, 0.29) is 16.0 Å². The maximum Gasteiger partial charge on any atom is 0.247 e. The lowest BCUT2D eigenvalue weighted by molar-refractivity contribution is -0.153. The molecule has 0 aliphatic carbocycles. The molecule has 0 saturated carbocycles. The number of alkyl halides is 1. The number of aliphatic hydroxyl groups excluding tert-OH is 1. The topological polar surface area (TPSA) is 80.1 Å². The molecule has 1 amide bonds. The molecular formula is C17H16BrN3O2S. The second-order valence-corrected chi connectivity index (χ2v) is 9.85. The van der Waals surface area contributed by atoms with Crippen LogP contribution in [0.1, 0.15) is 25.6 Å². The number of aromatic amines is 1. The fourth-order valence-corrected chi connectivity index (χ4v) is 6.12. The first-order chi connectivity index (χ1) is 11.3. The summed E-state index contributed by atoms with van der Waals surface area (Å²) in [6, 6.07) is 11.3. The average Bonchev–Trinajstić information content (AvgIpc) is 3.10. The highest BCUT2D eigenvalue weighted by atomic mass is 79.9.